The number of halogens is 2. The number of anilines is 2. The summed E-state index contributed by atoms with van der Waals surface area (Å²) in [7, 11) is -0.887. The number of hydrogen-bond donors (Lipinski definition) is 2. The van der Waals surface area contributed by atoms with Gasteiger partial charge in [-0.1, -0.05) is 0 Å². The molecule has 102 valence electrons. The molecule has 0 saturated heterocycles. The van der Waals surface area contributed by atoms with Crippen LogP contribution >= 0.6 is 0 Å². The van der Waals surface area contributed by atoms with E-state index in [1.54, 1.807) is 0 Å². The van der Waals surface area contributed by atoms with Crippen LogP contribution in [0.1, 0.15) is 0 Å². The van der Waals surface area contributed by atoms with Gasteiger partial charge < -0.3 is 10.6 Å². The van der Waals surface area contributed by atoms with Crippen molar-refractivity contribution in [2.24, 2.45) is 0 Å². The number of nitrogen functional groups attached to an aromatic ring is 1. The Morgan fingerprint density at radius 1 is 1.44 bits per heavy atom. The second-order valence-electron chi connectivity index (χ2n) is 3.70. The molecule has 8 heteroatoms. The molecular formula is C10H15F2N3O2S. The molecule has 0 heterocycles. The van der Waals surface area contributed by atoms with Crippen LogP contribution in [0.4, 0.5) is 20.2 Å². The van der Waals surface area contributed by atoms with E-state index in [-0.39, 0.29) is 10.6 Å². The maximum absolute atomic E-state index is 12.2. The van der Waals surface area contributed by atoms with E-state index in [1.807, 2.05) is 0 Å². The lowest BCUT2D eigenvalue weighted by Gasteiger charge is -2.19. The molecule has 1 aromatic carbocycles. The first-order chi connectivity index (χ1) is 8.27. The van der Waals surface area contributed by atoms with Crippen molar-refractivity contribution in [1.29, 1.82) is 0 Å². The van der Waals surface area contributed by atoms with Crippen molar-refractivity contribution >= 4 is 21.4 Å². The Bertz CT molecular complexity index is 520. The van der Waals surface area contributed by atoms with E-state index in [4.69, 9.17) is 5.73 Å². The molecule has 0 aliphatic carbocycles. The molecule has 0 unspecified atom stereocenters. The number of rotatable bonds is 5. The minimum Gasteiger partial charge on any atom is -0.398 e. The third kappa shape index (κ3) is 3.30. The highest BCUT2D eigenvalue weighted by Crippen LogP contribution is 2.24. The quantitative estimate of drug-likeness (QED) is 0.785. The summed E-state index contributed by atoms with van der Waals surface area (Å²) in [5.41, 5.74) is 6.07. The smallest absolute Gasteiger partial charge is 0.255 e. The highest BCUT2D eigenvalue weighted by molar-refractivity contribution is 7.89. The van der Waals surface area contributed by atoms with Gasteiger partial charge in [0.2, 0.25) is 10.0 Å². The van der Waals surface area contributed by atoms with Gasteiger partial charge >= 0.3 is 0 Å². The molecule has 5 nitrogen and oxygen atoms in total. The molecule has 0 aliphatic heterocycles. The van der Waals surface area contributed by atoms with Crippen molar-refractivity contribution in [1.82, 2.24) is 4.72 Å². The van der Waals surface area contributed by atoms with Crippen molar-refractivity contribution < 1.29 is 17.2 Å². The summed E-state index contributed by atoms with van der Waals surface area (Å²) in [6, 6.07) is 4.08. The number of benzene rings is 1. The van der Waals surface area contributed by atoms with Crippen molar-refractivity contribution in [3.63, 3.8) is 0 Å². The third-order valence-corrected chi connectivity index (χ3v) is 3.89. The largest absolute Gasteiger partial charge is 0.398 e. The van der Waals surface area contributed by atoms with Crippen LogP contribution in [0.25, 0.3) is 0 Å². The van der Waals surface area contributed by atoms with E-state index < -0.39 is 23.0 Å². The van der Waals surface area contributed by atoms with E-state index in [0.717, 1.165) is 0 Å². The summed E-state index contributed by atoms with van der Waals surface area (Å²) in [5, 5.41) is 0. The van der Waals surface area contributed by atoms with Crippen molar-refractivity contribution in [3.05, 3.63) is 18.2 Å². The van der Waals surface area contributed by atoms with Crippen molar-refractivity contribution in [3.8, 4) is 0 Å². The van der Waals surface area contributed by atoms with Gasteiger partial charge in [-0.15, -0.1) is 0 Å². The van der Waals surface area contributed by atoms with Gasteiger partial charge in [0.05, 0.1) is 12.2 Å². The van der Waals surface area contributed by atoms with Gasteiger partial charge in [-0.25, -0.2) is 21.9 Å². The van der Waals surface area contributed by atoms with Crippen molar-refractivity contribution in [2.75, 3.05) is 31.3 Å². The van der Waals surface area contributed by atoms with Crippen LogP contribution in [0, 0.1) is 0 Å². The first-order valence-corrected chi connectivity index (χ1v) is 6.58. The van der Waals surface area contributed by atoms with E-state index in [2.05, 4.69) is 4.72 Å². The highest BCUT2D eigenvalue weighted by Gasteiger charge is 2.16. The Kier molecular flexibility index (Phi) is 4.47. The zero-order valence-electron chi connectivity index (χ0n) is 10.0. The second-order valence-corrected chi connectivity index (χ2v) is 5.56. The zero-order chi connectivity index (χ0) is 13.9. The molecule has 0 aliphatic rings. The first kappa shape index (κ1) is 14.7. The van der Waals surface area contributed by atoms with Gasteiger partial charge in [-0.05, 0) is 25.2 Å². The summed E-state index contributed by atoms with van der Waals surface area (Å²) < 4.78 is 49.7. The first-order valence-electron chi connectivity index (χ1n) is 5.10. The average Bonchev–Trinajstić information content (AvgIpc) is 2.27. The summed E-state index contributed by atoms with van der Waals surface area (Å²) >= 11 is 0. The molecule has 18 heavy (non-hydrogen) atoms. The Balaban J connectivity index is 3.07. The van der Waals surface area contributed by atoms with Gasteiger partial charge in [0.25, 0.3) is 6.43 Å². The van der Waals surface area contributed by atoms with Gasteiger partial charge in [-0.2, -0.15) is 0 Å². The Morgan fingerprint density at radius 3 is 2.50 bits per heavy atom. The summed E-state index contributed by atoms with van der Waals surface area (Å²) in [6.45, 7) is -0.447. The lowest BCUT2D eigenvalue weighted by Crippen LogP contribution is -2.24. The van der Waals surface area contributed by atoms with Crippen LogP contribution in [-0.4, -0.2) is 35.5 Å². The summed E-state index contributed by atoms with van der Waals surface area (Å²) in [6.07, 6.45) is -2.48. The fourth-order valence-corrected chi connectivity index (χ4v) is 2.28. The Morgan fingerprint density at radius 2 is 2.06 bits per heavy atom. The minimum absolute atomic E-state index is 0.0166. The molecule has 0 aromatic heterocycles. The topological polar surface area (TPSA) is 75.4 Å². The zero-order valence-corrected chi connectivity index (χ0v) is 10.8. The molecule has 0 spiro atoms. The maximum Gasteiger partial charge on any atom is 0.255 e. The SMILES string of the molecule is CNS(=O)(=O)c1ccc(N(C)CC(F)F)cc1N. The van der Waals surface area contributed by atoms with E-state index in [1.165, 1.54) is 37.2 Å². The second kappa shape index (κ2) is 5.49. The third-order valence-electron chi connectivity index (χ3n) is 2.40. The Labute approximate surface area is 105 Å². The predicted molar refractivity (Wildman–Crippen MR) is 66.4 cm³/mol. The molecular weight excluding hydrogens is 264 g/mol. The van der Waals surface area contributed by atoms with Crippen LogP contribution in [0.5, 0.6) is 0 Å². The molecule has 3 N–H and O–H groups in total. The van der Waals surface area contributed by atoms with Gasteiger partial charge in [0.15, 0.2) is 0 Å². The molecule has 1 aromatic rings. The van der Waals surface area contributed by atoms with Crippen LogP contribution in [-0.2, 0) is 10.0 Å². The molecule has 0 radical (unpaired) electrons. The fourth-order valence-electron chi connectivity index (χ4n) is 1.44. The van der Waals surface area contributed by atoms with Crippen LogP contribution in [0.15, 0.2) is 23.1 Å². The number of hydrogen-bond acceptors (Lipinski definition) is 4. The Hall–Kier alpha value is -1.41. The van der Waals surface area contributed by atoms with E-state index in [9.17, 15) is 17.2 Å². The van der Waals surface area contributed by atoms with Gasteiger partial charge in [-0.3, -0.25) is 0 Å². The van der Waals surface area contributed by atoms with Crippen molar-refractivity contribution in [2.45, 2.75) is 11.3 Å². The number of nitrogens with zero attached hydrogens (tertiary/aromatic N) is 1. The minimum atomic E-state index is -3.64. The standard InChI is InChI=1S/C10H15F2N3O2S/c1-14-18(16,17)9-4-3-7(5-8(9)13)15(2)6-10(11)12/h3-5,10,14H,6,13H2,1-2H3. The lowest BCUT2D eigenvalue weighted by molar-refractivity contribution is 0.156. The average molecular weight is 279 g/mol. The predicted octanol–water partition coefficient (Wildman–Crippen LogP) is 0.878. The van der Waals surface area contributed by atoms with Crippen LogP contribution in [0.3, 0.4) is 0 Å². The molecule has 0 amide bonds. The summed E-state index contributed by atoms with van der Waals surface area (Å²) in [4.78, 5) is 1.23. The maximum atomic E-state index is 12.2. The fraction of sp³-hybridized carbons (Fsp3) is 0.400. The molecule has 0 fully saturated rings. The van der Waals surface area contributed by atoms with E-state index >= 15 is 0 Å². The van der Waals surface area contributed by atoms with Gasteiger partial charge in [0.1, 0.15) is 4.90 Å². The summed E-state index contributed by atoms with van der Waals surface area (Å²) in [5.74, 6) is 0. The molecule has 0 saturated carbocycles. The molecule has 0 atom stereocenters. The normalized spacial score (nSPS) is 11.8. The monoisotopic (exact) mass is 279 g/mol. The number of nitrogens with two attached hydrogens (primary N) is 1. The van der Waals surface area contributed by atoms with E-state index in [0.29, 0.717) is 5.69 Å². The number of alkyl halides is 2. The number of sulfonamides is 1. The number of nitrogens with one attached hydrogen (secondary N) is 1. The van der Waals surface area contributed by atoms with Crippen LogP contribution < -0.4 is 15.4 Å². The highest BCUT2D eigenvalue weighted by atomic mass is 32.2. The molecule has 0 bridgehead atoms. The van der Waals surface area contributed by atoms with Gasteiger partial charge in [0, 0.05) is 12.7 Å². The lowest BCUT2D eigenvalue weighted by atomic mass is 10.2. The van der Waals surface area contributed by atoms with Crippen LogP contribution in [0.2, 0.25) is 0 Å². The molecule has 1 rings (SSSR count).